The summed E-state index contributed by atoms with van der Waals surface area (Å²) in [6.07, 6.45) is 2.81. The van der Waals surface area contributed by atoms with Crippen molar-refractivity contribution in [3.05, 3.63) is 23.8 Å². The molecule has 2 N–H and O–H groups in total. The highest BCUT2D eigenvalue weighted by atomic mass is 16.6. The molecule has 2 aliphatic heterocycles. The van der Waals surface area contributed by atoms with E-state index in [1.54, 1.807) is 18.2 Å². The average molecular weight is 310 g/mol. The Kier molecular flexibility index (Phi) is 3.58. The smallest absolute Gasteiger partial charge is 0.337 e. The first-order chi connectivity index (χ1) is 10.4. The fourth-order valence-electron chi connectivity index (χ4n) is 3.44. The Morgan fingerprint density at radius 3 is 2.86 bits per heavy atom. The molecule has 1 aliphatic carbocycles. The van der Waals surface area contributed by atoms with Gasteiger partial charge >= 0.3 is 11.9 Å². The van der Waals surface area contributed by atoms with Gasteiger partial charge in [0.2, 0.25) is 0 Å². The molecule has 1 spiro atoms. The third-order valence-electron chi connectivity index (χ3n) is 4.60. The first-order valence-corrected chi connectivity index (χ1v) is 7.10. The van der Waals surface area contributed by atoms with E-state index in [9.17, 15) is 19.8 Å². The van der Waals surface area contributed by atoms with Gasteiger partial charge < -0.3 is 24.4 Å². The quantitative estimate of drug-likeness (QED) is 0.525. The van der Waals surface area contributed by atoms with Crippen molar-refractivity contribution in [2.45, 2.75) is 24.9 Å². The van der Waals surface area contributed by atoms with Gasteiger partial charge in [-0.1, -0.05) is 6.08 Å². The number of ether oxygens (including phenoxy) is 3. The van der Waals surface area contributed by atoms with Gasteiger partial charge in [-0.2, -0.15) is 0 Å². The van der Waals surface area contributed by atoms with Gasteiger partial charge in [0.1, 0.15) is 5.92 Å². The van der Waals surface area contributed by atoms with Gasteiger partial charge in [-0.05, 0) is 19.1 Å². The van der Waals surface area contributed by atoms with Crippen LogP contribution in [0.1, 0.15) is 6.92 Å². The zero-order chi connectivity index (χ0) is 16.1. The fraction of sp³-hybridized carbons (Fsp3) is 0.600. The number of methoxy groups -OCH3 is 1. The second kappa shape index (κ2) is 5.19. The van der Waals surface area contributed by atoms with Gasteiger partial charge in [0.15, 0.2) is 11.9 Å². The number of rotatable bonds is 2. The number of fused-ring (bicyclic) bond motifs is 2. The molecule has 7 heteroatoms. The molecule has 0 amide bonds. The molecule has 0 aromatic heterocycles. The maximum Gasteiger partial charge on any atom is 0.337 e. The molecule has 0 aromatic rings. The minimum atomic E-state index is -1.26. The molecule has 0 saturated carbocycles. The van der Waals surface area contributed by atoms with E-state index in [2.05, 4.69) is 0 Å². The lowest BCUT2D eigenvalue weighted by molar-refractivity contribution is -0.214. The Balaban J connectivity index is 1.93. The van der Waals surface area contributed by atoms with Gasteiger partial charge in [0, 0.05) is 11.8 Å². The van der Waals surface area contributed by atoms with E-state index in [1.807, 2.05) is 0 Å². The second-order valence-corrected chi connectivity index (χ2v) is 5.83. The third-order valence-corrected chi connectivity index (χ3v) is 4.60. The molecule has 1 saturated heterocycles. The van der Waals surface area contributed by atoms with Crippen molar-refractivity contribution in [2.75, 3.05) is 13.7 Å². The van der Waals surface area contributed by atoms with Crippen molar-refractivity contribution >= 4 is 11.9 Å². The summed E-state index contributed by atoms with van der Waals surface area (Å²) in [5.74, 6) is -2.75. The standard InChI is InChI=1S/C15H18O7/c1-7(16)9-5-15(22-12(9)17)4-3-8-10(15)6-21-14(19)11(8)13(18)20-2/h3-5,7-8,10-11,14,16,19H,6H2,1-2H3. The Morgan fingerprint density at radius 2 is 2.27 bits per heavy atom. The summed E-state index contributed by atoms with van der Waals surface area (Å²) >= 11 is 0. The van der Waals surface area contributed by atoms with Crippen molar-refractivity contribution in [1.29, 1.82) is 0 Å². The lowest BCUT2D eigenvalue weighted by Gasteiger charge is -2.40. The normalized spacial score (nSPS) is 41.1. The molecule has 1 fully saturated rings. The van der Waals surface area contributed by atoms with E-state index in [4.69, 9.17) is 14.2 Å². The van der Waals surface area contributed by atoms with Crippen molar-refractivity contribution in [3.8, 4) is 0 Å². The van der Waals surface area contributed by atoms with Crippen LogP contribution in [0.2, 0.25) is 0 Å². The van der Waals surface area contributed by atoms with E-state index in [0.29, 0.717) is 0 Å². The van der Waals surface area contributed by atoms with Crippen LogP contribution in [0.5, 0.6) is 0 Å². The number of hydrogen-bond acceptors (Lipinski definition) is 7. The Morgan fingerprint density at radius 1 is 1.55 bits per heavy atom. The Bertz CT molecular complexity index is 564. The number of aliphatic hydroxyl groups is 2. The van der Waals surface area contributed by atoms with Crippen molar-refractivity contribution < 1.29 is 34.0 Å². The van der Waals surface area contributed by atoms with Gasteiger partial charge in [0.05, 0.1) is 25.4 Å². The van der Waals surface area contributed by atoms with Gasteiger partial charge in [-0.25, -0.2) is 4.79 Å². The highest BCUT2D eigenvalue weighted by Gasteiger charge is 2.57. The predicted molar refractivity (Wildman–Crippen MR) is 72.2 cm³/mol. The first-order valence-electron chi connectivity index (χ1n) is 7.10. The van der Waals surface area contributed by atoms with Gasteiger partial charge in [-0.15, -0.1) is 0 Å². The maximum absolute atomic E-state index is 11.9. The zero-order valence-corrected chi connectivity index (χ0v) is 12.3. The number of esters is 2. The van der Waals surface area contributed by atoms with Gasteiger partial charge in [0.25, 0.3) is 0 Å². The lowest BCUT2D eigenvalue weighted by atomic mass is 9.76. The molecule has 3 rings (SSSR count). The van der Waals surface area contributed by atoms with E-state index < -0.39 is 35.9 Å². The number of aliphatic hydroxyl groups excluding tert-OH is 2. The maximum atomic E-state index is 11.9. The zero-order valence-electron chi connectivity index (χ0n) is 12.3. The molecule has 22 heavy (non-hydrogen) atoms. The first kappa shape index (κ1) is 15.2. The highest BCUT2D eigenvalue weighted by Crippen LogP contribution is 2.49. The SMILES string of the molecule is COC(=O)C1C(O)OCC2C1C=CC21C=C(C(C)O)C(=O)O1. The molecule has 0 bridgehead atoms. The topological polar surface area (TPSA) is 102 Å². The molecule has 6 atom stereocenters. The van der Waals surface area contributed by atoms with E-state index in [-0.39, 0.29) is 24.0 Å². The van der Waals surface area contributed by atoms with Crippen molar-refractivity contribution in [3.63, 3.8) is 0 Å². The summed E-state index contributed by atoms with van der Waals surface area (Å²) in [5.41, 5.74) is -0.855. The number of hydrogen-bond donors (Lipinski definition) is 2. The summed E-state index contributed by atoms with van der Waals surface area (Å²) in [6, 6.07) is 0. The van der Waals surface area contributed by atoms with Crippen LogP contribution in [0.3, 0.4) is 0 Å². The number of allylic oxidation sites excluding steroid dienone is 1. The van der Waals surface area contributed by atoms with Crippen molar-refractivity contribution in [1.82, 2.24) is 0 Å². The van der Waals surface area contributed by atoms with Crippen LogP contribution in [-0.4, -0.2) is 53.9 Å². The number of carbonyl (C=O) groups is 2. The number of carbonyl (C=O) groups excluding carboxylic acids is 2. The largest absolute Gasteiger partial charge is 0.469 e. The molecule has 2 heterocycles. The summed E-state index contributed by atoms with van der Waals surface area (Å²) in [6.45, 7) is 1.61. The summed E-state index contributed by atoms with van der Waals surface area (Å²) in [5, 5.41) is 19.6. The summed E-state index contributed by atoms with van der Waals surface area (Å²) < 4.78 is 15.5. The van der Waals surface area contributed by atoms with E-state index in [0.717, 1.165) is 0 Å². The monoisotopic (exact) mass is 310 g/mol. The summed E-state index contributed by atoms with van der Waals surface area (Å²) in [7, 11) is 1.24. The molecule has 120 valence electrons. The van der Waals surface area contributed by atoms with Crippen LogP contribution >= 0.6 is 0 Å². The Hall–Kier alpha value is -1.70. The fourth-order valence-corrected chi connectivity index (χ4v) is 3.44. The Labute approximate surface area is 127 Å². The minimum Gasteiger partial charge on any atom is -0.469 e. The van der Waals surface area contributed by atoms with Crippen LogP contribution < -0.4 is 0 Å². The molecule has 6 unspecified atom stereocenters. The molecule has 0 radical (unpaired) electrons. The highest BCUT2D eigenvalue weighted by molar-refractivity contribution is 5.93. The van der Waals surface area contributed by atoms with Crippen LogP contribution in [0.4, 0.5) is 0 Å². The second-order valence-electron chi connectivity index (χ2n) is 5.83. The van der Waals surface area contributed by atoms with Crippen LogP contribution in [0.25, 0.3) is 0 Å². The lowest BCUT2D eigenvalue weighted by Crippen LogP contribution is -2.50. The molecule has 0 aromatic carbocycles. The molecular formula is C15H18O7. The van der Waals surface area contributed by atoms with Crippen LogP contribution in [0, 0.1) is 17.8 Å². The van der Waals surface area contributed by atoms with E-state index in [1.165, 1.54) is 14.0 Å². The molecular weight excluding hydrogens is 292 g/mol. The van der Waals surface area contributed by atoms with Crippen LogP contribution in [-0.2, 0) is 23.8 Å². The van der Waals surface area contributed by atoms with Crippen molar-refractivity contribution in [2.24, 2.45) is 17.8 Å². The van der Waals surface area contributed by atoms with Gasteiger partial charge in [-0.3, -0.25) is 4.79 Å². The minimum absolute atomic E-state index is 0.128. The summed E-state index contributed by atoms with van der Waals surface area (Å²) in [4.78, 5) is 23.8. The molecule has 7 nitrogen and oxygen atoms in total. The third kappa shape index (κ3) is 2.08. The van der Waals surface area contributed by atoms with E-state index >= 15 is 0 Å². The average Bonchev–Trinajstić information content (AvgIpc) is 2.99. The predicted octanol–water partition coefficient (Wildman–Crippen LogP) is -0.471. The van der Waals surface area contributed by atoms with Crippen LogP contribution in [0.15, 0.2) is 23.8 Å². The molecule has 3 aliphatic rings.